The van der Waals surface area contributed by atoms with Gasteiger partial charge in [0, 0.05) is 11.0 Å². The molecule has 6 heteroatoms. The second-order valence-electron chi connectivity index (χ2n) is 3.17. The molecule has 0 spiro atoms. The van der Waals surface area contributed by atoms with Gasteiger partial charge >= 0.3 is 0 Å². The molecular formula is C10H9BrN4O. The maximum Gasteiger partial charge on any atom is 0.273 e. The molecule has 1 aromatic heterocycles. The first-order chi connectivity index (χ1) is 7.75. The normalized spacial score (nSPS) is 10.1. The number of halogens is 1. The van der Waals surface area contributed by atoms with E-state index in [1.807, 2.05) is 24.3 Å². The predicted molar refractivity (Wildman–Crippen MR) is 61.7 cm³/mol. The highest BCUT2D eigenvalue weighted by Gasteiger charge is 2.07. The van der Waals surface area contributed by atoms with Gasteiger partial charge in [-0.1, -0.05) is 28.1 Å². The van der Waals surface area contributed by atoms with Crippen LogP contribution in [-0.4, -0.2) is 21.3 Å². The number of H-pyrrole nitrogens is 1. The Kier molecular flexibility index (Phi) is 3.31. The summed E-state index contributed by atoms with van der Waals surface area (Å²) in [4.78, 5) is 11.5. The van der Waals surface area contributed by atoms with Crippen molar-refractivity contribution in [1.82, 2.24) is 20.7 Å². The molecule has 2 aromatic rings. The monoisotopic (exact) mass is 280 g/mol. The smallest absolute Gasteiger partial charge is 0.273 e. The van der Waals surface area contributed by atoms with Crippen LogP contribution in [0.4, 0.5) is 0 Å². The standard InChI is InChI=1S/C10H9BrN4O/c11-8-3-1-2-7(4-8)5-12-10(16)9-6-13-15-14-9/h1-4,6H,5H2,(H,12,16)(H,13,14,15). The van der Waals surface area contributed by atoms with Gasteiger partial charge in [-0.15, -0.1) is 0 Å². The zero-order valence-corrected chi connectivity index (χ0v) is 9.86. The number of aromatic nitrogens is 3. The lowest BCUT2D eigenvalue weighted by atomic mass is 10.2. The average molecular weight is 281 g/mol. The minimum absolute atomic E-state index is 0.242. The quantitative estimate of drug-likeness (QED) is 0.895. The molecule has 0 saturated carbocycles. The largest absolute Gasteiger partial charge is 0.347 e. The van der Waals surface area contributed by atoms with Gasteiger partial charge in [-0.3, -0.25) is 4.79 Å². The van der Waals surface area contributed by atoms with E-state index in [-0.39, 0.29) is 11.6 Å². The van der Waals surface area contributed by atoms with E-state index in [2.05, 4.69) is 36.7 Å². The second kappa shape index (κ2) is 4.89. The third-order valence-electron chi connectivity index (χ3n) is 1.99. The van der Waals surface area contributed by atoms with Crippen LogP contribution in [0.2, 0.25) is 0 Å². The van der Waals surface area contributed by atoms with Gasteiger partial charge in [-0.25, -0.2) is 0 Å². The van der Waals surface area contributed by atoms with Crippen molar-refractivity contribution >= 4 is 21.8 Å². The molecule has 0 aliphatic rings. The van der Waals surface area contributed by atoms with Crippen LogP contribution in [0.1, 0.15) is 16.1 Å². The van der Waals surface area contributed by atoms with Crippen molar-refractivity contribution in [2.24, 2.45) is 0 Å². The summed E-state index contributed by atoms with van der Waals surface area (Å²) in [5, 5.41) is 12.4. The number of amides is 1. The van der Waals surface area contributed by atoms with Crippen molar-refractivity contribution < 1.29 is 4.79 Å². The fourth-order valence-electron chi connectivity index (χ4n) is 1.23. The Labute approximate surface area is 100 Å². The Morgan fingerprint density at radius 2 is 2.38 bits per heavy atom. The molecule has 0 aliphatic carbocycles. The van der Waals surface area contributed by atoms with Gasteiger partial charge in [0.05, 0.1) is 6.20 Å². The van der Waals surface area contributed by atoms with Crippen LogP contribution in [0.5, 0.6) is 0 Å². The molecule has 2 N–H and O–H groups in total. The van der Waals surface area contributed by atoms with E-state index >= 15 is 0 Å². The number of hydrogen-bond donors (Lipinski definition) is 2. The number of hydrogen-bond acceptors (Lipinski definition) is 3. The highest BCUT2D eigenvalue weighted by molar-refractivity contribution is 9.10. The van der Waals surface area contributed by atoms with Crippen molar-refractivity contribution in [3.8, 4) is 0 Å². The first-order valence-electron chi connectivity index (χ1n) is 4.64. The van der Waals surface area contributed by atoms with Gasteiger partial charge in [-0.05, 0) is 17.7 Å². The molecule has 2 rings (SSSR count). The van der Waals surface area contributed by atoms with Crippen molar-refractivity contribution in [3.05, 3.63) is 46.2 Å². The summed E-state index contributed by atoms with van der Waals surface area (Å²) in [5.74, 6) is -0.242. The van der Waals surface area contributed by atoms with E-state index in [1.165, 1.54) is 6.20 Å². The van der Waals surface area contributed by atoms with Gasteiger partial charge in [0.25, 0.3) is 5.91 Å². The fourth-order valence-corrected chi connectivity index (χ4v) is 1.68. The van der Waals surface area contributed by atoms with Crippen LogP contribution in [0.25, 0.3) is 0 Å². The third kappa shape index (κ3) is 2.66. The molecule has 1 aromatic carbocycles. The van der Waals surface area contributed by atoms with E-state index in [0.717, 1.165) is 10.0 Å². The van der Waals surface area contributed by atoms with Crippen LogP contribution < -0.4 is 5.32 Å². The van der Waals surface area contributed by atoms with Crippen LogP contribution in [0.15, 0.2) is 34.9 Å². The van der Waals surface area contributed by atoms with E-state index in [0.29, 0.717) is 6.54 Å². The van der Waals surface area contributed by atoms with Crippen LogP contribution in [0, 0.1) is 0 Å². The highest BCUT2D eigenvalue weighted by atomic mass is 79.9. The van der Waals surface area contributed by atoms with Crippen molar-refractivity contribution in [2.75, 3.05) is 0 Å². The first-order valence-corrected chi connectivity index (χ1v) is 5.43. The highest BCUT2D eigenvalue weighted by Crippen LogP contribution is 2.11. The average Bonchev–Trinajstić information content (AvgIpc) is 2.79. The Morgan fingerprint density at radius 3 is 3.06 bits per heavy atom. The summed E-state index contributed by atoms with van der Waals surface area (Å²) in [6.07, 6.45) is 1.39. The maximum atomic E-state index is 11.5. The van der Waals surface area contributed by atoms with Gasteiger partial charge in [0.1, 0.15) is 0 Å². The van der Waals surface area contributed by atoms with Gasteiger partial charge in [0.2, 0.25) is 0 Å². The molecule has 0 fully saturated rings. The van der Waals surface area contributed by atoms with Crippen LogP contribution in [0.3, 0.4) is 0 Å². The molecule has 82 valence electrons. The zero-order valence-electron chi connectivity index (χ0n) is 8.27. The summed E-state index contributed by atoms with van der Waals surface area (Å²) in [6.45, 7) is 0.463. The van der Waals surface area contributed by atoms with E-state index in [4.69, 9.17) is 0 Å². The number of benzene rings is 1. The fraction of sp³-hybridized carbons (Fsp3) is 0.100. The molecule has 5 nitrogen and oxygen atoms in total. The maximum absolute atomic E-state index is 11.5. The Balaban J connectivity index is 1.95. The number of carbonyl (C=O) groups excluding carboxylic acids is 1. The summed E-state index contributed by atoms with van der Waals surface area (Å²) >= 11 is 3.37. The molecule has 0 aliphatic heterocycles. The van der Waals surface area contributed by atoms with Crippen molar-refractivity contribution in [1.29, 1.82) is 0 Å². The van der Waals surface area contributed by atoms with E-state index in [1.54, 1.807) is 0 Å². The summed E-state index contributed by atoms with van der Waals surface area (Å²) in [6, 6.07) is 7.74. The number of aromatic amines is 1. The minimum atomic E-state index is -0.242. The number of nitrogens with one attached hydrogen (secondary N) is 2. The Bertz CT molecular complexity index is 483. The summed E-state index contributed by atoms with van der Waals surface area (Å²) in [5.41, 5.74) is 1.31. The molecule has 0 unspecified atom stereocenters. The Hall–Kier alpha value is -1.69. The topological polar surface area (TPSA) is 70.7 Å². The molecule has 0 radical (unpaired) electrons. The molecule has 0 saturated heterocycles. The van der Waals surface area contributed by atoms with Gasteiger partial charge < -0.3 is 5.32 Å². The molecule has 1 heterocycles. The second-order valence-corrected chi connectivity index (χ2v) is 4.08. The van der Waals surface area contributed by atoms with Crippen molar-refractivity contribution in [3.63, 3.8) is 0 Å². The third-order valence-corrected chi connectivity index (χ3v) is 2.48. The van der Waals surface area contributed by atoms with Crippen LogP contribution in [-0.2, 0) is 6.54 Å². The zero-order chi connectivity index (χ0) is 11.4. The SMILES string of the molecule is O=C(NCc1cccc(Br)c1)c1cn[nH]n1. The van der Waals surface area contributed by atoms with E-state index < -0.39 is 0 Å². The molecule has 16 heavy (non-hydrogen) atoms. The summed E-state index contributed by atoms with van der Waals surface area (Å²) in [7, 11) is 0. The number of rotatable bonds is 3. The lowest BCUT2D eigenvalue weighted by Crippen LogP contribution is -2.23. The molecule has 1 amide bonds. The molecule has 0 atom stereocenters. The minimum Gasteiger partial charge on any atom is -0.347 e. The first kappa shape index (κ1) is 10.8. The van der Waals surface area contributed by atoms with E-state index in [9.17, 15) is 4.79 Å². The van der Waals surface area contributed by atoms with Gasteiger partial charge in [-0.2, -0.15) is 15.4 Å². The van der Waals surface area contributed by atoms with Crippen LogP contribution >= 0.6 is 15.9 Å². The lowest BCUT2D eigenvalue weighted by Gasteiger charge is -2.03. The molecular weight excluding hydrogens is 272 g/mol. The molecule has 0 bridgehead atoms. The Morgan fingerprint density at radius 1 is 1.50 bits per heavy atom. The van der Waals surface area contributed by atoms with Gasteiger partial charge in [0.15, 0.2) is 5.69 Å². The van der Waals surface area contributed by atoms with Crippen molar-refractivity contribution in [2.45, 2.75) is 6.54 Å². The predicted octanol–water partition coefficient (Wildman–Crippen LogP) is 1.50. The number of nitrogens with zero attached hydrogens (tertiary/aromatic N) is 2. The lowest BCUT2D eigenvalue weighted by molar-refractivity contribution is 0.0946. The number of carbonyl (C=O) groups is 1. The summed E-state index contributed by atoms with van der Waals surface area (Å²) < 4.78 is 0.987.